The maximum Gasteiger partial charge on any atom is 0.254 e. The minimum atomic E-state index is 0.442. The topological polar surface area (TPSA) is 95.0 Å². The second kappa shape index (κ2) is 7.28. The van der Waals surface area contributed by atoms with E-state index in [0.717, 1.165) is 28.3 Å². The molecule has 0 unspecified atom stereocenters. The van der Waals surface area contributed by atoms with Crippen LogP contribution in [0.3, 0.4) is 0 Å². The highest BCUT2D eigenvalue weighted by Crippen LogP contribution is 2.28. The molecule has 5 aromatic rings. The van der Waals surface area contributed by atoms with Crippen LogP contribution in [-0.2, 0) is 0 Å². The van der Waals surface area contributed by atoms with Crippen molar-refractivity contribution in [3.8, 4) is 22.7 Å². The first-order valence-corrected chi connectivity index (χ1v) is 9.29. The van der Waals surface area contributed by atoms with E-state index in [-0.39, 0.29) is 0 Å². The summed E-state index contributed by atoms with van der Waals surface area (Å²) < 4.78 is 9.20. The lowest BCUT2D eigenvalue weighted by atomic mass is 10.2. The van der Waals surface area contributed by atoms with Gasteiger partial charge in [0, 0.05) is 42.1 Å². The van der Waals surface area contributed by atoms with Gasteiger partial charge in [0.05, 0.1) is 30.5 Å². The van der Waals surface area contributed by atoms with Gasteiger partial charge in [0.25, 0.3) is 5.78 Å². The molecule has 0 saturated carbocycles. The Hall–Kier alpha value is -4.27. The molecule has 0 aliphatic heterocycles. The molecule has 0 amide bonds. The van der Waals surface area contributed by atoms with Gasteiger partial charge in [-0.25, -0.2) is 9.97 Å². The number of nitrogens with zero attached hydrogens (tertiary/aromatic N) is 7. The number of hydrogen-bond donors (Lipinski definition) is 1. The zero-order chi connectivity index (χ0) is 20.5. The van der Waals surface area contributed by atoms with Crippen LogP contribution in [-0.4, -0.2) is 41.2 Å². The fourth-order valence-corrected chi connectivity index (χ4v) is 3.24. The molecular formula is C21H18N8O. The predicted molar refractivity (Wildman–Crippen MR) is 112 cm³/mol. The number of benzene rings is 1. The summed E-state index contributed by atoms with van der Waals surface area (Å²) in [5.74, 6) is 1.65. The van der Waals surface area contributed by atoms with E-state index in [1.165, 1.54) is 0 Å². The number of imidazole rings is 1. The molecule has 5 rings (SSSR count). The van der Waals surface area contributed by atoms with E-state index in [4.69, 9.17) is 4.74 Å². The van der Waals surface area contributed by atoms with Gasteiger partial charge >= 0.3 is 0 Å². The first-order chi connectivity index (χ1) is 14.7. The number of anilines is 2. The van der Waals surface area contributed by atoms with E-state index in [1.54, 1.807) is 36.5 Å². The predicted octanol–water partition coefficient (Wildman–Crippen LogP) is 3.43. The van der Waals surface area contributed by atoms with Crippen molar-refractivity contribution in [1.29, 1.82) is 0 Å². The lowest BCUT2D eigenvalue weighted by Crippen LogP contribution is -1.99. The number of rotatable bonds is 5. The third-order valence-electron chi connectivity index (χ3n) is 4.64. The fourth-order valence-electron chi connectivity index (χ4n) is 3.24. The average molecular weight is 398 g/mol. The normalized spacial score (nSPS) is 11.0. The Bertz CT molecular complexity index is 1330. The summed E-state index contributed by atoms with van der Waals surface area (Å²) in [6, 6.07) is 11.5. The van der Waals surface area contributed by atoms with Gasteiger partial charge in [0.15, 0.2) is 0 Å². The number of ether oxygens (including phenoxy) is 1. The van der Waals surface area contributed by atoms with E-state index in [1.807, 2.05) is 54.1 Å². The Morgan fingerprint density at radius 3 is 2.63 bits per heavy atom. The molecule has 9 heteroatoms. The van der Waals surface area contributed by atoms with Gasteiger partial charge < -0.3 is 14.6 Å². The van der Waals surface area contributed by atoms with Crippen molar-refractivity contribution in [2.75, 3.05) is 12.4 Å². The monoisotopic (exact) mass is 398 g/mol. The van der Waals surface area contributed by atoms with E-state index in [2.05, 4.69) is 30.4 Å². The summed E-state index contributed by atoms with van der Waals surface area (Å²) in [5.41, 5.74) is 4.49. The van der Waals surface area contributed by atoms with Crippen LogP contribution in [0, 0.1) is 6.92 Å². The molecule has 4 aromatic heterocycles. The molecular weight excluding hydrogens is 380 g/mol. The number of methoxy groups -OCH3 is 1. The first kappa shape index (κ1) is 17.8. The minimum Gasteiger partial charge on any atom is -0.494 e. The number of aromatic nitrogens is 7. The van der Waals surface area contributed by atoms with Gasteiger partial charge in [-0.05, 0) is 37.3 Å². The molecule has 0 atom stereocenters. The zero-order valence-corrected chi connectivity index (χ0v) is 16.4. The van der Waals surface area contributed by atoms with Crippen LogP contribution < -0.4 is 10.1 Å². The largest absolute Gasteiger partial charge is 0.494 e. The Morgan fingerprint density at radius 1 is 1.00 bits per heavy atom. The molecule has 30 heavy (non-hydrogen) atoms. The summed E-state index contributed by atoms with van der Waals surface area (Å²) >= 11 is 0. The molecule has 0 aliphatic rings. The van der Waals surface area contributed by atoms with Gasteiger partial charge in [0.1, 0.15) is 5.75 Å². The lowest BCUT2D eigenvalue weighted by Gasteiger charge is -2.11. The average Bonchev–Trinajstić information content (AvgIpc) is 3.39. The maximum absolute atomic E-state index is 5.57. The highest BCUT2D eigenvalue weighted by Gasteiger charge is 2.12. The number of pyridine rings is 1. The third kappa shape index (κ3) is 3.22. The molecule has 1 N–H and O–H groups in total. The molecule has 9 nitrogen and oxygen atoms in total. The summed E-state index contributed by atoms with van der Waals surface area (Å²) in [4.78, 5) is 17.2. The molecule has 0 fully saturated rings. The number of aryl methyl sites for hydroxylation is 1. The van der Waals surface area contributed by atoms with Crippen LogP contribution in [0.15, 0.2) is 67.5 Å². The van der Waals surface area contributed by atoms with Gasteiger partial charge in [-0.1, -0.05) is 0 Å². The van der Waals surface area contributed by atoms with Crippen LogP contribution in [0.4, 0.5) is 11.6 Å². The van der Waals surface area contributed by atoms with Crippen LogP contribution >= 0.6 is 0 Å². The van der Waals surface area contributed by atoms with Crippen LogP contribution in [0.1, 0.15) is 5.69 Å². The third-order valence-corrected chi connectivity index (χ3v) is 4.64. The molecule has 0 spiro atoms. The highest BCUT2D eigenvalue weighted by atomic mass is 16.5. The molecule has 148 valence electrons. The highest BCUT2D eigenvalue weighted by molar-refractivity contribution is 5.64. The fraction of sp³-hybridized carbons (Fsp3) is 0.0952. The molecule has 4 heterocycles. The standard InChI is InChI=1S/C21H18N8O/c1-14-12-28(13-24-14)18-4-3-16(11-19(18)30-2)25-20-26-21-23-10-7-17(29(21)27-20)15-5-8-22-9-6-15/h3-13H,1-2H3,(H,25,27). The van der Waals surface area contributed by atoms with Crippen molar-refractivity contribution < 1.29 is 4.74 Å². The smallest absolute Gasteiger partial charge is 0.254 e. The van der Waals surface area contributed by atoms with E-state index < -0.39 is 0 Å². The second-order valence-corrected chi connectivity index (χ2v) is 6.65. The SMILES string of the molecule is COc1cc(Nc2nc3nccc(-c4ccncc4)n3n2)ccc1-n1cnc(C)c1. The summed E-state index contributed by atoms with van der Waals surface area (Å²) in [5, 5.41) is 7.81. The van der Waals surface area contributed by atoms with Gasteiger partial charge in [-0.15, -0.1) is 5.10 Å². The second-order valence-electron chi connectivity index (χ2n) is 6.65. The number of nitrogens with one attached hydrogen (secondary N) is 1. The Kier molecular flexibility index (Phi) is 4.32. The Labute approximate surface area is 172 Å². The van der Waals surface area contributed by atoms with E-state index >= 15 is 0 Å². The van der Waals surface area contributed by atoms with Crippen LogP contribution in [0.25, 0.3) is 22.7 Å². The Morgan fingerprint density at radius 2 is 1.87 bits per heavy atom. The zero-order valence-electron chi connectivity index (χ0n) is 16.4. The molecule has 0 aliphatic carbocycles. The van der Waals surface area contributed by atoms with Gasteiger partial charge in [-0.3, -0.25) is 4.98 Å². The van der Waals surface area contributed by atoms with E-state index in [9.17, 15) is 0 Å². The summed E-state index contributed by atoms with van der Waals surface area (Å²) in [6.45, 7) is 1.95. The van der Waals surface area contributed by atoms with Gasteiger partial charge in [0.2, 0.25) is 5.95 Å². The van der Waals surface area contributed by atoms with Crippen molar-refractivity contribution in [3.63, 3.8) is 0 Å². The molecule has 1 aromatic carbocycles. The minimum absolute atomic E-state index is 0.442. The maximum atomic E-state index is 5.57. The first-order valence-electron chi connectivity index (χ1n) is 9.29. The van der Waals surface area contributed by atoms with Crippen molar-refractivity contribution in [2.45, 2.75) is 6.92 Å². The summed E-state index contributed by atoms with van der Waals surface area (Å²) in [7, 11) is 1.64. The molecule has 0 bridgehead atoms. The van der Waals surface area contributed by atoms with Crippen molar-refractivity contribution in [1.82, 2.24) is 34.1 Å². The molecule has 0 radical (unpaired) electrons. The number of fused-ring (bicyclic) bond motifs is 1. The van der Waals surface area contributed by atoms with E-state index in [0.29, 0.717) is 17.5 Å². The van der Waals surface area contributed by atoms with Crippen molar-refractivity contribution in [3.05, 3.63) is 73.2 Å². The summed E-state index contributed by atoms with van der Waals surface area (Å²) in [6.07, 6.45) is 8.91. The lowest BCUT2D eigenvalue weighted by molar-refractivity contribution is 0.413. The van der Waals surface area contributed by atoms with Crippen molar-refractivity contribution in [2.24, 2.45) is 0 Å². The van der Waals surface area contributed by atoms with Crippen molar-refractivity contribution >= 4 is 17.4 Å². The van der Waals surface area contributed by atoms with Gasteiger partial charge in [-0.2, -0.15) is 9.50 Å². The number of hydrogen-bond acceptors (Lipinski definition) is 7. The van der Waals surface area contributed by atoms with Crippen LogP contribution in [0.2, 0.25) is 0 Å². The quantitative estimate of drug-likeness (QED) is 0.485. The van der Waals surface area contributed by atoms with Crippen LogP contribution in [0.5, 0.6) is 5.75 Å². The molecule has 0 saturated heterocycles. The Balaban J connectivity index is 1.49.